The van der Waals surface area contributed by atoms with Crippen LogP contribution in [0.2, 0.25) is 0 Å². The summed E-state index contributed by atoms with van der Waals surface area (Å²) < 4.78 is 5.43. The van der Waals surface area contributed by atoms with Crippen LogP contribution in [0, 0.1) is 13.8 Å². The van der Waals surface area contributed by atoms with Crippen LogP contribution in [0.3, 0.4) is 0 Å². The molecular weight excluding hydrogens is 328 g/mol. The van der Waals surface area contributed by atoms with Crippen molar-refractivity contribution in [3.63, 3.8) is 0 Å². The van der Waals surface area contributed by atoms with Gasteiger partial charge >= 0.3 is 0 Å². The zero-order valence-electron chi connectivity index (χ0n) is 15.4. The largest absolute Gasteiger partial charge is 0.494 e. The van der Waals surface area contributed by atoms with E-state index in [1.807, 2.05) is 63.2 Å². The maximum atomic E-state index is 12.5. The van der Waals surface area contributed by atoms with Gasteiger partial charge in [0.25, 0.3) is 5.91 Å². The zero-order chi connectivity index (χ0) is 18.7. The number of nitrogens with one attached hydrogen (secondary N) is 1. The van der Waals surface area contributed by atoms with E-state index < -0.39 is 0 Å². The third kappa shape index (κ3) is 3.87. The molecule has 5 heteroatoms. The number of nitrogens with zero attached hydrogens (tertiary/aromatic N) is 1. The SMILES string of the molecule is CCOc1ccc(N2C[C@@H](NC(=O)c3ccc(C)c(C)c3)CC2=O)cc1. The molecule has 2 aromatic rings. The molecule has 5 nitrogen and oxygen atoms in total. The van der Waals surface area contributed by atoms with E-state index in [4.69, 9.17) is 4.74 Å². The predicted octanol–water partition coefficient (Wildman–Crippen LogP) is 3.24. The molecule has 26 heavy (non-hydrogen) atoms. The molecule has 1 heterocycles. The monoisotopic (exact) mass is 352 g/mol. The Bertz CT molecular complexity index is 815. The molecular formula is C21H24N2O3. The summed E-state index contributed by atoms with van der Waals surface area (Å²) in [5, 5.41) is 2.98. The second-order valence-electron chi connectivity index (χ2n) is 6.60. The number of amides is 2. The Kier molecular flexibility index (Phi) is 5.26. The lowest BCUT2D eigenvalue weighted by Gasteiger charge is -2.18. The van der Waals surface area contributed by atoms with Gasteiger partial charge < -0.3 is 15.0 Å². The normalized spacial score (nSPS) is 16.7. The summed E-state index contributed by atoms with van der Waals surface area (Å²) in [5.74, 6) is 0.654. The van der Waals surface area contributed by atoms with Crippen molar-refractivity contribution in [2.45, 2.75) is 33.2 Å². The molecule has 1 aliphatic heterocycles. The van der Waals surface area contributed by atoms with Gasteiger partial charge in [0, 0.05) is 24.2 Å². The van der Waals surface area contributed by atoms with Crippen molar-refractivity contribution in [2.24, 2.45) is 0 Å². The van der Waals surface area contributed by atoms with Gasteiger partial charge in [-0.25, -0.2) is 0 Å². The van der Waals surface area contributed by atoms with Gasteiger partial charge in [-0.2, -0.15) is 0 Å². The van der Waals surface area contributed by atoms with Crippen LogP contribution in [-0.2, 0) is 4.79 Å². The Balaban J connectivity index is 1.65. The fourth-order valence-corrected chi connectivity index (χ4v) is 3.09. The first-order valence-corrected chi connectivity index (χ1v) is 8.89. The first-order chi connectivity index (χ1) is 12.5. The minimum Gasteiger partial charge on any atom is -0.494 e. The average molecular weight is 352 g/mol. The first kappa shape index (κ1) is 18.0. The molecule has 0 unspecified atom stereocenters. The van der Waals surface area contributed by atoms with Gasteiger partial charge in [0.15, 0.2) is 0 Å². The van der Waals surface area contributed by atoms with Gasteiger partial charge in [0.2, 0.25) is 5.91 Å². The number of anilines is 1. The van der Waals surface area contributed by atoms with E-state index in [2.05, 4.69) is 5.32 Å². The van der Waals surface area contributed by atoms with Gasteiger partial charge in [-0.1, -0.05) is 6.07 Å². The van der Waals surface area contributed by atoms with Crippen molar-refractivity contribution in [1.82, 2.24) is 5.32 Å². The molecule has 1 N–H and O–H groups in total. The van der Waals surface area contributed by atoms with E-state index in [1.165, 1.54) is 0 Å². The second kappa shape index (κ2) is 7.60. The molecule has 136 valence electrons. The smallest absolute Gasteiger partial charge is 0.251 e. The van der Waals surface area contributed by atoms with Crippen molar-refractivity contribution in [3.05, 3.63) is 59.2 Å². The summed E-state index contributed by atoms with van der Waals surface area (Å²) in [6.07, 6.45) is 0.309. The number of carbonyl (C=O) groups excluding carboxylic acids is 2. The maximum Gasteiger partial charge on any atom is 0.251 e. The lowest BCUT2D eigenvalue weighted by Crippen LogP contribution is -2.37. The van der Waals surface area contributed by atoms with E-state index in [0.717, 1.165) is 22.6 Å². The summed E-state index contributed by atoms with van der Waals surface area (Å²) in [7, 11) is 0. The van der Waals surface area contributed by atoms with Gasteiger partial charge in [-0.3, -0.25) is 9.59 Å². The molecule has 1 atom stereocenters. The van der Waals surface area contributed by atoms with Crippen LogP contribution >= 0.6 is 0 Å². The highest BCUT2D eigenvalue weighted by Gasteiger charge is 2.31. The average Bonchev–Trinajstić information content (AvgIpc) is 2.98. The number of carbonyl (C=O) groups is 2. The van der Waals surface area contributed by atoms with E-state index in [9.17, 15) is 9.59 Å². The summed E-state index contributed by atoms with van der Waals surface area (Å²) in [4.78, 5) is 26.5. The lowest BCUT2D eigenvalue weighted by atomic mass is 10.1. The summed E-state index contributed by atoms with van der Waals surface area (Å²) in [5.41, 5.74) is 3.68. The maximum absolute atomic E-state index is 12.5. The summed E-state index contributed by atoms with van der Waals surface area (Å²) in [6.45, 7) is 7.01. The quantitative estimate of drug-likeness (QED) is 0.899. The van der Waals surface area contributed by atoms with E-state index in [0.29, 0.717) is 25.1 Å². The zero-order valence-corrected chi connectivity index (χ0v) is 15.4. The van der Waals surface area contributed by atoms with Crippen molar-refractivity contribution in [2.75, 3.05) is 18.1 Å². The molecule has 1 saturated heterocycles. The molecule has 0 saturated carbocycles. The molecule has 0 bridgehead atoms. The molecule has 1 aliphatic rings. The van der Waals surface area contributed by atoms with Crippen molar-refractivity contribution in [1.29, 1.82) is 0 Å². The van der Waals surface area contributed by atoms with Crippen LogP contribution in [0.4, 0.5) is 5.69 Å². The van der Waals surface area contributed by atoms with Crippen LogP contribution in [-0.4, -0.2) is 31.0 Å². The van der Waals surface area contributed by atoms with Crippen LogP contribution < -0.4 is 15.0 Å². The number of ether oxygens (including phenoxy) is 1. The number of hydrogen-bond donors (Lipinski definition) is 1. The third-order valence-electron chi connectivity index (χ3n) is 4.69. The molecule has 2 amide bonds. The summed E-state index contributed by atoms with van der Waals surface area (Å²) >= 11 is 0. The summed E-state index contributed by atoms with van der Waals surface area (Å²) in [6, 6.07) is 12.9. The minimum atomic E-state index is -0.192. The van der Waals surface area contributed by atoms with Gasteiger partial charge in [-0.15, -0.1) is 0 Å². The van der Waals surface area contributed by atoms with Gasteiger partial charge in [0.05, 0.1) is 12.6 Å². The highest BCUT2D eigenvalue weighted by molar-refractivity contribution is 5.99. The molecule has 3 rings (SSSR count). The third-order valence-corrected chi connectivity index (χ3v) is 4.69. The number of benzene rings is 2. The van der Waals surface area contributed by atoms with Crippen LogP contribution in [0.5, 0.6) is 5.75 Å². The van der Waals surface area contributed by atoms with Crippen molar-refractivity contribution < 1.29 is 14.3 Å². The van der Waals surface area contributed by atoms with Crippen molar-refractivity contribution >= 4 is 17.5 Å². The van der Waals surface area contributed by atoms with Crippen LogP contribution in [0.1, 0.15) is 34.8 Å². The Morgan fingerprint density at radius 3 is 2.54 bits per heavy atom. The topological polar surface area (TPSA) is 58.6 Å². The van der Waals surface area contributed by atoms with Gasteiger partial charge in [-0.05, 0) is 68.3 Å². The molecule has 0 aromatic heterocycles. The lowest BCUT2D eigenvalue weighted by molar-refractivity contribution is -0.117. The molecule has 0 aliphatic carbocycles. The fraction of sp³-hybridized carbons (Fsp3) is 0.333. The van der Waals surface area contributed by atoms with Crippen LogP contribution in [0.15, 0.2) is 42.5 Å². The fourth-order valence-electron chi connectivity index (χ4n) is 3.09. The molecule has 2 aromatic carbocycles. The van der Waals surface area contributed by atoms with Crippen molar-refractivity contribution in [3.8, 4) is 5.75 Å². The van der Waals surface area contributed by atoms with E-state index in [-0.39, 0.29) is 17.9 Å². The predicted molar refractivity (Wildman–Crippen MR) is 102 cm³/mol. The standard InChI is InChI=1S/C21H24N2O3/c1-4-26-19-9-7-18(8-10-19)23-13-17(12-20(23)24)22-21(25)16-6-5-14(2)15(3)11-16/h5-11,17H,4,12-13H2,1-3H3,(H,22,25)/t17-/m0/s1. The van der Waals surface area contributed by atoms with E-state index in [1.54, 1.807) is 4.90 Å². The Labute approximate surface area is 154 Å². The van der Waals surface area contributed by atoms with E-state index >= 15 is 0 Å². The molecule has 0 radical (unpaired) electrons. The molecule has 0 spiro atoms. The minimum absolute atomic E-state index is 0.0135. The number of hydrogen-bond acceptors (Lipinski definition) is 3. The number of rotatable bonds is 5. The highest BCUT2D eigenvalue weighted by atomic mass is 16.5. The Morgan fingerprint density at radius 2 is 1.88 bits per heavy atom. The highest BCUT2D eigenvalue weighted by Crippen LogP contribution is 2.24. The second-order valence-corrected chi connectivity index (χ2v) is 6.60. The van der Waals surface area contributed by atoms with Crippen LogP contribution in [0.25, 0.3) is 0 Å². The Morgan fingerprint density at radius 1 is 1.15 bits per heavy atom. The Hall–Kier alpha value is -2.82. The molecule has 1 fully saturated rings. The number of aryl methyl sites for hydroxylation is 2. The van der Waals surface area contributed by atoms with Gasteiger partial charge in [0.1, 0.15) is 5.75 Å². The first-order valence-electron chi connectivity index (χ1n) is 8.89.